The first-order chi connectivity index (χ1) is 10.6. The Balaban J connectivity index is 2.15. The fourth-order valence-electron chi connectivity index (χ4n) is 2.85. The predicted octanol–water partition coefficient (Wildman–Crippen LogP) is 3.52. The van der Waals surface area contributed by atoms with Gasteiger partial charge in [0, 0.05) is 37.1 Å². The molecule has 2 N–H and O–H groups in total. The summed E-state index contributed by atoms with van der Waals surface area (Å²) in [4.78, 5) is 16.6. The van der Waals surface area contributed by atoms with Gasteiger partial charge in [0.05, 0.1) is 0 Å². The van der Waals surface area contributed by atoms with Crippen LogP contribution in [0.25, 0.3) is 10.9 Å². The zero-order valence-corrected chi connectivity index (χ0v) is 12.6. The molecule has 112 valence electrons. The molecule has 3 rings (SSSR count). The number of carbonyl (C=O) groups is 1. The molecule has 0 saturated heterocycles. The second kappa shape index (κ2) is 5.56. The number of carboxylic acids is 1. The maximum atomic E-state index is 11.6. The van der Waals surface area contributed by atoms with Crippen LogP contribution in [0.3, 0.4) is 0 Å². The van der Waals surface area contributed by atoms with Crippen molar-refractivity contribution in [3.05, 3.63) is 65.4 Å². The minimum absolute atomic E-state index is 0.273. The molecule has 0 bridgehead atoms. The number of nitrogens with zero attached hydrogens (tertiary/aromatic N) is 1. The van der Waals surface area contributed by atoms with Crippen LogP contribution in [0, 0.1) is 0 Å². The number of nitrogens with one attached hydrogen (secondary N) is 1. The summed E-state index contributed by atoms with van der Waals surface area (Å²) in [6.45, 7) is 0. The average molecular weight is 294 g/mol. The van der Waals surface area contributed by atoms with E-state index in [1.807, 2.05) is 67.5 Å². The minimum atomic E-state index is -0.923. The van der Waals surface area contributed by atoms with Gasteiger partial charge in [-0.1, -0.05) is 36.4 Å². The van der Waals surface area contributed by atoms with Gasteiger partial charge in [-0.2, -0.15) is 0 Å². The van der Waals surface area contributed by atoms with Crippen molar-refractivity contribution in [2.45, 2.75) is 6.42 Å². The van der Waals surface area contributed by atoms with Crippen molar-refractivity contribution in [2.24, 2.45) is 0 Å². The number of aromatic carboxylic acids is 1. The van der Waals surface area contributed by atoms with E-state index in [0.717, 1.165) is 27.7 Å². The monoisotopic (exact) mass is 294 g/mol. The molecule has 1 heterocycles. The van der Waals surface area contributed by atoms with Crippen LogP contribution in [0.2, 0.25) is 0 Å². The van der Waals surface area contributed by atoms with Gasteiger partial charge >= 0.3 is 5.97 Å². The Morgan fingerprint density at radius 2 is 1.77 bits per heavy atom. The highest BCUT2D eigenvalue weighted by atomic mass is 16.4. The van der Waals surface area contributed by atoms with E-state index in [0.29, 0.717) is 6.42 Å². The zero-order chi connectivity index (χ0) is 15.7. The molecule has 0 radical (unpaired) electrons. The molecule has 22 heavy (non-hydrogen) atoms. The molecular formula is C18H18N2O2. The van der Waals surface area contributed by atoms with Crippen LogP contribution in [0.4, 0.5) is 5.69 Å². The van der Waals surface area contributed by atoms with Crippen molar-refractivity contribution < 1.29 is 9.90 Å². The number of aromatic amines is 1. The molecule has 0 fully saturated rings. The normalized spacial score (nSPS) is 10.8. The molecule has 4 heteroatoms. The van der Waals surface area contributed by atoms with Crippen molar-refractivity contribution >= 4 is 22.6 Å². The topological polar surface area (TPSA) is 56.3 Å². The van der Waals surface area contributed by atoms with Crippen LogP contribution >= 0.6 is 0 Å². The third kappa shape index (κ3) is 2.44. The van der Waals surface area contributed by atoms with Crippen LogP contribution in [-0.2, 0) is 6.42 Å². The van der Waals surface area contributed by atoms with Crippen molar-refractivity contribution in [1.29, 1.82) is 0 Å². The summed E-state index contributed by atoms with van der Waals surface area (Å²) in [6, 6.07) is 15.8. The van der Waals surface area contributed by atoms with Gasteiger partial charge in [0.2, 0.25) is 0 Å². The molecular weight excluding hydrogens is 276 g/mol. The molecule has 0 aliphatic carbocycles. The molecule has 0 atom stereocenters. The first kappa shape index (κ1) is 14.2. The van der Waals surface area contributed by atoms with E-state index >= 15 is 0 Å². The van der Waals surface area contributed by atoms with Crippen LogP contribution in [0.5, 0.6) is 0 Å². The summed E-state index contributed by atoms with van der Waals surface area (Å²) in [5, 5.41) is 10.4. The molecule has 4 nitrogen and oxygen atoms in total. The van der Waals surface area contributed by atoms with E-state index in [2.05, 4.69) is 4.98 Å². The van der Waals surface area contributed by atoms with E-state index in [-0.39, 0.29) is 5.69 Å². The van der Waals surface area contributed by atoms with E-state index in [9.17, 15) is 9.90 Å². The van der Waals surface area contributed by atoms with E-state index in [1.165, 1.54) is 0 Å². The van der Waals surface area contributed by atoms with Gasteiger partial charge in [0.15, 0.2) is 0 Å². The summed E-state index contributed by atoms with van der Waals surface area (Å²) in [7, 11) is 3.98. The van der Waals surface area contributed by atoms with E-state index < -0.39 is 5.97 Å². The van der Waals surface area contributed by atoms with Gasteiger partial charge in [0.25, 0.3) is 0 Å². The third-order valence-electron chi connectivity index (χ3n) is 3.87. The number of carboxylic acid groups (broad SMARTS) is 1. The lowest BCUT2D eigenvalue weighted by Gasteiger charge is -2.17. The Morgan fingerprint density at radius 3 is 2.50 bits per heavy atom. The number of para-hydroxylation sites is 2. The second-order valence-corrected chi connectivity index (χ2v) is 5.53. The lowest BCUT2D eigenvalue weighted by atomic mass is 10.00. The van der Waals surface area contributed by atoms with Crippen molar-refractivity contribution in [3.8, 4) is 0 Å². The maximum Gasteiger partial charge on any atom is 0.352 e. The summed E-state index contributed by atoms with van der Waals surface area (Å²) >= 11 is 0. The van der Waals surface area contributed by atoms with E-state index in [4.69, 9.17) is 0 Å². The highest BCUT2D eigenvalue weighted by molar-refractivity contribution is 5.97. The maximum absolute atomic E-state index is 11.6. The number of hydrogen-bond acceptors (Lipinski definition) is 2. The first-order valence-corrected chi connectivity index (χ1v) is 7.16. The molecule has 0 aliphatic heterocycles. The van der Waals surface area contributed by atoms with E-state index in [1.54, 1.807) is 0 Å². The van der Waals surface area contributed by atoms with Crippen molar-refractivity contribution in [3.63, 3.8) is 0 Å². The highest BCUT2D eigenvalue weighted by Gasteiger charge is 2.18. The Hall–Kier alpha value is -2.75. The number of rotatable bonds is 4. The molecule has 0 aliphatic rings. The Labute approximate surface area is 129 Å². The summed E-state index contributed by atoms with van der Waals surface area (Å²) in [6.07, 6.45) is 0.583. The number of anilines is 1. The lowest BCUT2D eigenvalue weighted by molar-refractivity contribution is 0.0690. The van der Waals surface area contributed by atoms with Crippen molar-refractivity contribution in [2.75, 3.05) is 19.0 Å². The Bertz CT molecular complexity index is 834. The summed E-state index contributed by atoms with van der Waals surface area (Å²) < 4.78 is 0. The van der Waals surface area contributed by atoms with Crippen LogP contribution in [0.15, 0.2) is 48.5 Å². The second-order valence-electron chi connectivity index (χ2n) is 5.53. The minimum Gasteiger partial charge on any atom is -0.477 e. The largest absolute Gasteiger partial charge is 0.477 e. The van der Waals surface area contributed by atoms with Crippen LogP contribution in [0.1, 0.15) is 21.6 Å². The Morgan fingerprint density at radius 1 is 1.09 bits per heavy atom. The number of benzene rings is 2. The molecule has 2 aromatic carbocycles. The molecule has 1 aromatic heterocycles. The van der Waals surface area contributed by atoms with Gasteiger partial charge in [-0.3, -0.25) is 0 Å². The lowest BCUT2D eigenvalue weighted by Crippen LogP contribution is -2.12. The molecule has 0 spiro atoms. The standard InChI is InChI=1S/C18H18N2O2/c1-20(2)16-10-6-3-7-12(16)11-14-13-8-4-5-9-15(13)19-17(14)18(21)22/h3-10,19H,11H2,1-2H3,(H,21,22). The molecule has 3 aromatic rings. The SMILES string of the molecule is CN(C)c1ccccc1Cc1c(C(=O)O)[nH]c2ccccc12. The van der Waals surface area contributed by atoms with Gasteiger partial charge < -0.3 is 15.0 Å². The number of H-pyrrole nitrogens is 1. The quantitative estimate of drug-likeness (QED) is 0.774. The van der Waals surface area contributed by atoms with Crippen molar-refractivity contribution in [1.82, 2.24) is 4.98 Å². The summed E-state index contributed by atoms with van der Waals surface area (Å²) in [5.41, 5.74) is 4.17. The van der Waals surface area contributed by atoms with Gasteiger partial charge in [-0.05, 0) is 23.3 Å². The number of aromatic nitrogens is 1. The number of hydrogen-bond donors (Lipinski definition) is 2. The Kier molecular flexibility index (Phi) is 3.59. The smallest absolute Gasteiger partial charge is 0.352 e. The highest BCUT2D eigenvalue weighted by Crippen LogP contribution is 2.28. The number of fused-ring (bicyclic) bond motifs is 1. The first-order valence-electron chi connectivity index (χ1n) is 7.16. The van der Waals surface area contributed by atoms with Gasteiger partial charge in [-0.15, -0.1) is 0 Å². The molecule has 0 unspecified atom stereocenters. The third-order valence-corrected chi connectivity index (χ3v) is 3.87. The van der Waals surface area contributed by atoms with Gasteiger partial charge in [0.1, 0.15) is 5.69 Å². The predicted molar refractivity (Wildman–Crippen MR) is 88.8 cm³/mol. The van der Waals surface area contributed by atoms with Crippen LogP contribution in [-0.4, -0.2) is 30.2 Å². The zero-order valence-electron chi connectivity index (χ0n) is 12.6. The van der Waals surface area contributed by atoms with Gasteiger partial charge in [-0.25, -0.2) is 4.79 Å². The average Bonchev–Trinajstić information content (AvgIpc) is 2.87. The summed E-state index contributed by atoms with van der Waals surface area (Å²) in [5.74, 6) is -0.923. The molecule has 0 saturated carbocycles. The molecule has 0 amide bonds. The fourth-order valence-corrected chi connectivity index (χ4v) is 2.85. The fraction of sp³-hybridized carbons (Fsp3) is 0.167. The van der Waals surface area contributed by atoms with Crippen LogP contribution < -0.4 is 4.90 Å².